The van der Waals surface area contributed by atoms with E-state index in [1.54, 1.807) is 7.05 Å². The van der Waals surface area contributed by atoms with Crippen LogP contribution in [0.5, 0.6) is 0 Å². The van der Waals surface area contributed by atoms with Crippen molar-refractivity contribution in [2.24, 2.45) is 10.8 Å². The lowest BCUT2D eigenvalue weighted by atomic mass is 9.96. The van der Waals surface area contributed by atoms with Gasteiger partial charge in [0.05, 0.1) is 18.2 Å². The number of aliphatic imine (C=N–C) groups is 1. The Morgan fingerprint density at radius 3 is 2.85 bits per heavy atom. The summed E-state index contributed by atoms with van der Waals surface area (Å²) in [4.78, 5) is 3.97. The van der Waals surface area contributed by atoms with E-state index < -0.39 is 0 Å². The molecule has 0 amide bonds. The molecule has 0 aromatic carbocycles. The van der Waals surface area contributed by atoms with Gasteiger partial charge in [0.15, 0.2) is 0 Å². The average molecular weight is 184 g/mol. The molecule has 0 aliphatic carbocycles. The maximum absolute atomic E-state index is 5.69. The Morgan fingerprint density at radius 1 is 1.54 bits per heavy atom. The van der Waals surface area contributed by atoms with E-state index in [9.17, 15) is 0 Å². The zero-order valence-electron chi connectivity index (χ0n) is 7.79. The van der Waals surface area contributed by atoms with E-state index in [0.29, 0.717) is 24.2 Å². The molecule has 3 unspecified atom stereocenters. The zero-order chi connectivity index (χ0) is 9.26. The second-order valence-corrected chi connectivity index (χ2v) is 3.58. The molecule has 0 aromatic rings. The number of guanidine groups is 1. The molecule has 0 spiro atoms. The van der Waals surface area contributed by atoms with E-state index in [2.05, 4.69) is 15.7 Å². The highest BCUT2D eigenvalue weighted by molar-refractivity contribution is 5.79. The van der Waals surface area contributed by atoms with Crippen molar-refractivity contribution >= 4 is 5.96 Å². The Hall–Kier alpha value is -0.810. The van der Waals surface area contributed by atoms with Crippen molar-refractivity contribution in [1.29, 1.82) is 0 Å². The second-order valence-electron chi connectivity index (χ2n) is 3.58. The molecule has 0 radical (unpaired) electrons. The van der Waals surface area contributed by atoms with Gasteiger partial charge >= 0.3 is 0 Å². The van der Waals surface area contributed by atoms with Crippen LogP contribution in [0.15, 0.2) is 4.99 Å². The standard InChI is InChI=1S/C8H16N4O/c1-10-8(12-9)11-6-4-5-2-3-7(6)13-5/h5-7H,2-4,9H2,1H3,(H2,10,11,12). The van der Waals surface area contributed by atoms with E-state index in [1.807, 2.05) is 0 Å². The number of ether oxygens (including phenoxy) is 1. The first-order chi connectivity index (χ1) is 6.33. The first-order valence-corrected chi connectivity index (χ1v) is 4.69. The molecule has 3 atom stereocenters. The summed E-state index contributed by atoms with van der Waals surface area (Å²) >= 11 is 0. The lowest BCUT2D eigenvalue weighted by Gasteiger charge is -2.21. The third kappa shape index (κ3) is 1.62. The van der Waals surface area contributed by atoms with Gasteiger partial charge in [-0.15, -0.1) is 0 Å². The van der Waals surface area contributed by atoms with Gasteiger partial charge in [-0.25, -0.2) is 5.84 Å². The normalized spacial score (nSPS) is 38.0. The van der Waals surface area contributed by atoms with Gasteiger partial charge in [-0.1, -0.05) is 0 Å². The predicted octanol–water partition coefficient (Wildman–Crippen LogP) is -0.655. The average Bonchev–Trinajstić information content (AvgIpc) is 2.75. The van der Waals surface area contributed by atoms with Gasteiger partial charge in [-0.3, -0.25) is 10.4 Å². The van der Waals surface area contributed by atoms with Gasteiger partial charge in [0.2, 0.25) is 5.96 Å². The minimum Gasteiger partial charge on any atom is -0.373 e. The molecule has 2 bridgehead atoms. The minimum absolute atomic E-state index is 0.357. The van der Waals surface area contributed by atoms with Crippen molar-refractivity contribution in [1.82, 2.24) is 10.7 Å². The van der Waals surface area contributed by atoms with Gasteiger partial charge in [0.1, 0.15) is 0 Å². The molecule has 5 nitrogen and oxygen atoms in total. The monoisotopic (exact) mass is 184 g/mol. The Labute approximate surface area is 77.7 Å². The SMILES string of the molecule is CN=C(NN)NC1CC2CCC1O2. The highest BCUT2D eigenvalue weighted by Crippen LogP contribution is 2.34. The van der Waals surface area contributed by atoms with E-state index >= 15 is 0 Å². The molecule has 0 aromatic heterocycles. The van der Waals surface area contributed by atoms with Gasteiger partial charge in [-0.05, 0) is 19.3 Å². The number of hydrogen-bond acceptors (Lipinski definition) is 3. The molecule has 13 heavy (non-hydrogen) atoms. The minimum atomic E-state index is 0.357. The summed E-state index contributed by atoms with van der Waals surface area (Å²) in [6, 6.07) is 0.383. The largest absolute Gasteiger partial charge is 0.373 e. The van der Waals surface area contributed by atoms with Crippen molar-refractivity contribution in [3.05, 3.63) is 0 Å². The molecule has 0 saturated carbocycles. The fourth-order valence-electron chi connectivity index (χ4n) is 2.14. The summed E-state index contributed by atoms with van der Waals surface area (Å²) in [5, 5.41) is 3.24. The quantitative estimate of drug-likeness (QED) is 0.219. The van der Waals surface area contributed by atoms with Crippen LogP contribution in [-0.2, 0) is 4.74 Å². The molecule has 74 valence electrons. The summed E-state index contributed by atoms with van der Waals surface area (Å²) in [5.41, 5.74) is 2.52. The van der Waals surface area contributed by atoms with Gasteiger partial charge < -0.3 is 10.1 Å². The van der Waals surface area contributed by atoms with Crippen molar-refractivity contribution in [3.8, 4) is 0 Å². The number of nitrogens with zero attached hydrogens (tertiary/aromatic N) is 1. The fraction of sp³-hybridized carbons (Fsp3) is 0.875. The highest BCUT2D eigenvalue weighted by Gasteiger charge is 2.40. The Kier molecular flexibility index (Phi) is 2.37. The van der Waals surface area contributed by atoms with E-state index in [1.165, 1.54) is 6.42 Å². The summed E-state index contributed by atoms with van der Waals surface area (Å²) in [5.74, 6) is 5.92. The van der Waals surface area contributed by atoms with Crippen molar-refractivity contribution in [2.75, 3.05) is 7.05 Å². The third-order valence-electron chi connectivity index (χ3n) is 2.79. The van der Waals surface area contributed by atoms with Crippen molar-refractivity contribution in [2.45, 2.75) is 37.5 Å². The Morgan fingerprint density at radius 2 is 2.38 bits per heavy atom. The predicted molar refractivity (Wildman–Crippen MR) is 50.1 cm³/mol. The number of hydrazine groups is 1. The molecule has 2 saturated heterocycles. The molecule has 2 rings (SSSR count). The smallest absolute Gasteiger partial charge is 0.205 e. The lowest BCUT2D eigenvalue weighted by molar-refractivity contribution is 0.0992. The van der Waals surface area contributed by atoms with Crippen LogP contribution >= 0.6 is 0 Å². The summed E-state index contributed by atoms with van der Waals surface area (Å²) in [6.45, 7) is 0. The number of hydrogen-bond donors (Lipinski definition) is 3. The Bertz CT molecular complexity index is 218. The van der Waals surface area contributed by atoms with Crippen LogP contribution in [0.25, 0.3) is 0 Å². The van der Waals surface area contributed by atoms with E-state index in [-0.39, 0.29) is 0 Å². The van der Waals surface area contributed by atoms with E-state index in [4.69, 9.17) is 10.6 Å². The molecule has 2 aliphatic heterocycles. The molecule has 2 fully saturated rings. The van der Waals surface area contributed by atoms with Crippen LogP contribution in [-0.4, -0.2) is 31.3 Å². The van der Waals surface area contributed by atoms with Gasteiger partial charge in [0.25, 0.3) is 0 Å². The van der Waals surface area contributed by atoms with E-state index in [0.717, 1.165) is 12.8 Å². The number of nitrogens with one attached hydrogen (secondary N) is 2. The summed E-state index contributed by atoms with van der Waals surface area (Å²) in [6.07, 6.45) is 4.25. The molecule has 4 N–H and O–H groups in total. The topological polar surface area (TPSA) is 71.7 Å². The molecule has 2 aliphatic rings. The molecular formula is C8H16N4O. The third-order valence-corrected chi connectivity index (χ3v) is 2.79. The Balaban J connectivity index is 1.89. The maximum atomic E-state index is 5.69. The number of nitrogens with two attached hydrogens (primary N) is 1. The second kappa shape index (κ2) is 3.51. The summed E-state index contributed by atoms with van der Waals surface area (Å²) < 4.78 is 5.69. The lowest BCUT2D eigenvalue weighted by Crippen LogP contribution is -2.49. The van der Waals surface area contributed by atoms with Crippen LogP contribution in [0.3, 0.4) is 0 Å². The van der Waals surface area contributed by atoms with Crippen LogP contribution in [0.1, 0.15) is 19.3 Å². The van der Waals surface area contributed by atoms with Crippen molar-refractivity contribution in [3.63, 3.8) is 0 Å². The maximum Gasteiger partial charge on any atom is 0.205 e. The van der Waals surface area contributed by atoms with Gasteiger partial charge in [-0.2, -0.15) is 0 Å². The number of fused-ring (bicyclic) bond motifs is 2. The number of rotatable bonds is 1. The molecular weight excluding hydrogens is 168 g/mol. The summed E-state index contributed by atoms with van der Waals surface area (Å²) in [7, 11) is 1.70. The molecule has 2 heterocycles. The zero-order valence-corrected chi connectivity index (χ0v) is 7.79. The van der Waals surface area contributed by atoms with Crippen LogP contribution in [0, 0.1) is 0 Å². The van der Waals surface area contributed by atoms with Crippen LogP contribution < -0.4 is 16.6 Å². The highest BCUT2D eigenvalue weighted by atomic mass is 16.5. The van der Waals surface area contributed by atoms with Crippen molar-refractivity contribution < 1.29 is 4.74 Å². The van der Waals surface area contributed by atoms with Gasteiger partial charge in [0, 0.05) is 7.05 Å². The molecule has 5 heteroatoms. The fourth-order valence-corrected chi connectivity index (χ4v) is 2.14. The van der Waals surface area contributed by atoms with Crippen LogP contribution in [0.2, 0.25) is 0 Å². The van der Waals surface area contributed by atoms with Crippen LogP contribution in [0.4, 0.5) is 0 Å². The first kappa shape index (κ1) is 8.77. The first-order valence-electron chi connectivity index (χ1n) is 4.69.